The second-order valence-electron chi connectivity index (χ2n) is 5.64. The van der Waals surface area contributed by atoms with Gasteiger partial charge in [-0.3, -0.25) is 4.31 Å². The molecule has 2 aromatic carbocycles. The average Bonchev–Trinajstić information content (AvgIpc) is 3.01. The van der Waals surface area contributed by atoms with Gasteiger partial charge in [-0.05, 0) is 31.0 Å². The Morgan fingerprint density at radius 1 is 1.09 bits per heavy atom. The lowest BCUT2D eigenvalue weighted by Crippen LogP contribution is -2.37. The Morgan fingerprint density at radius 3 is 2.35 bits per heavy atom. The maximum absolute atomic E-state index is 13.1. The van der Waals surface area contributed by atoms with Gasteiger partial charge >= 0.3 is 0 Å². The van der Waals surface area contributed by atoms with Gasteiger partial charge in [-0.25, -0.2) is 8.42 Å². The Kier molecular flexibility index (Phi) is 4.24. The molecule has 23 heavy (non-hydrogen) atoms. The summed E-state index contributed by atoms with van der Waals surface area (Å²) in [5.74, 6) is 0. The quantitative estimate of drug-likeness (QED) is 0.938. The van der Waals surface area contributed by atoms with Gasteiger partial charge in [-0.2, -0.15) is 0 Å². The fraction of sp³-hybridized carbons (Fsp3) is 0.222. The van der Waals surface area contributed by atoms with Crippen LogP contribution in [0.4, 0.5) is 0 Å². The minimum Gasteiger partial charge on any atom is -0.394 e. The predicted octanol–water partition coefficient (Wildman–Crippen LogP) is 2.79. The molecule has 0 unspecified atom stereocenters. The van der Waals surface area contributed by atoms with Gasteiger partial charge in [-0.15, -0.1) is 0 Å². The van der Waals surface area contributed by atoms with Gasteiger partial charge in [0.1, 0.15) is 0 Å². The maximum atomic E-state index is 13.1. The SMILES string of the molecule is Cc1ccc(S(=O)(=O)N2C(c3ccccc3)=CC[C@@H]2CO)cc1. The molecule has 0 fully saturated rings. The summed E-state index contributed by atoms with van der Waals surface area (Å²) in [4.78, 5) is 0.241. The van der Waals surface area contributed by atoms with E-state index >= 15 is 0 Å². The van der Waals surface area contributed by atoms with Crippen molar-refractivity contribution in [3.63, 3.8) is 0 Å². The molecule has 2 aromatic rings. The number of hydrogen-bond acceptors (Lipinski definition) is 3. The van der Waals surface area contributed by atoms with Gasteiger partial charge in [0.15, 0.2) is 0 Å². The first-order valence-corrected chi connectivity index (χ1v) is 8.95. The molecular weight excluding hydrogens is 310 g/mol. The Morgan fingerprint density at radius 2 is 1.74 bits per heavy atom. The van der Waals surface area contributed by atoms with Crippen LogP contribution < -0.4 is 0 Å². The van der Waals surface area contributed by atoms with Crippen LogP contribution >= 0.6 is 0 Å². The summed E-state index contributed by atoms with van der Waals surface area (Å²) in [5.41, 5.74) is 2.47. The van der Waals surface area contributed by atoms with Crippen LogP contribution in [0.15, 0.2) is 65.6 Å². The average molecular weight is 329 g/mol. The van der Waals surface area contributed by atoms with Crippen LogP contribution in [0.5, 0.6) is 0 Å². The third kappa shape index (κ3) is 2.90. The molecule has 1 heterocycles. The second kappa shape index (κ2) is 6.18. The van der Waals surface area contributed by atoms with Crippen molar-refractivity contribution < 1.29 is 13.5 Å². The first kappa shape index (κ1) is 15.8. The van der Waals surface area contributed by atoms with Gasteiger partial charge in [0.25, 0.3) is 10.0 Å². The molecule has 1 N–H and O–H groups in total. The molecule has 0 bridgehead atoms. The van der Waals surface area contributed by atoms with Crippen LogP contribution in [0, 0.1) is 6.92 Å². The molecule has 0 saturated heterocycles. The summed E-state index contributed by atoms with van der Waals surface area (Å²) in [6.45, 7) is 1.70. The third-order valence-corrected chi connectivity index (χ3v) is 5.89. The van der Waals surface area contributed by atoms with Gasteiger partial charge in [0.05, 0.1) is 23.2 Å². The van der Waals surface area contributed by atoms with E-state index in [4.69, 9.17) is 0 Å². The minimum absolute atomic E-state index is 0.210. The number of benzene rings is 2. The molecular formula is C18H19NO3S. The fourth-order valence-corrected chi connectivity index (χ4v) is 4.47. The lowest BCUT2D eigenvalue weighted by molar-refractivity contribution is 0.225. The number of aliphatic hydroxyl groups is 1. The maximum Gasteiger partial charge on any atom is 0.264 e. The number of nitrogens with zero attached hydrogens (tertiary/aromatic N) is 1. The number of rotatable bonds is 4. The van der Waals surface area contributed by atoms with Crippen molar-refractivity contribution in [1.82, 2.24) is 4.31 Å². The van der Waals surface area contributed by atoms with Crippen molar-refractivity contribution in [2.24, 2.45) is 0 Å². The summed E-state index contributed by atoms with van der Waals surface area (Å²) < 4.78 is 27.5. The van der Waals surface area contributed by atoms with Crippen molar-refractivity contribution in [2.75, 3.05) is 6.61 Å². The molecule has 1 atom stereocenters. The van der Waals surface area contributed by atoms with E-state index < -0.39 is 16.1 Å². The molecule has 0 aromatic heterocycles. The Bertz CT molecular complexity index is 811. The number of aryl methyl sites for hydroxylation is 1. The second-order valence-corrected chi connectivity index (χ2v) is 7.46. The lowest BCUT2D eigenvalue weighted by atomic mass is 10.2. The van der Waals surface area contributed by atoms with E-state index in [1.54, 1.807) is 24.3 Å². The van der Waals surface area contributed by atoms with E-state index in [0.717, 1.165) is 11.1 Å². The van der Waals surface area contributed by atoms with Crippen molar-refractivity contribution in [2.45, 2.75) is 24.3 Å². The molecule has 1 aliphatic rings. The highest BCUT2D eigenvalue weighted by molar-refractivity contribution is 7.89. The van der Waals surface area contributed by atoms with E-state index in [2.05, 4.69) is 0 Å². The van der Waals surface area contributed by atoms with Gasteiger partial charge < -0.3 is 5.11 Å². The molecule has 0 aliphatic carbocycles. The highest BCUT2D eigenvalue weighted by Crippen LogP contribution is 2.35. The Hall–Kier alpha value is -2.11. The minimum atomic E-state index is -3.71. The summed E-state index contributed by atoms with van der Waals surface area (Å²) >= 11 is 0. The zero-order chi connectivity index (χ0) is 16.4. The lowest BCUT2D eigenvalue weighted by Gasteiger charge is -2.28. The van der Waals surface area contributed by atoms with Crippen LogP contribution in [0.1, 0.15) is 17.5 Å². The first-order valence-electron chi connectivity index (χ1n) is 7.51. The highest BCUT2D eigenvalue weighted by Gasteiger charge is 2.36. The number of sulfonamides is 1. The van der Waals surface area contributed by atoms with Gasteiger partial charge in [0.2, 0.25) is 0 Å². The van der Waals surface area contributed by atoms with Crippen LogP contribution in [-0.2, 0) is 10.0 Å². The molecule has 1 aliphatic heterocycles. The van der Waals surface area contributed by atoms with E-state index in [0.29, 0.717) is 12.1 Å². The third-order valence-electron chi connectivity index (χ3n) is 4.01. The molecule has 0 radical (unpaired) electrons. The topological polar surface area (TPSA) is 57.6 Å². The molecule has 0 saturated carbocycles. The van der Waals surface area contributed by atoms with Gasteiger partial charge in [-0.1, -0.05) is 54.1 Å². The van der Waals surface area contributed by atoms with Crippen molar-refractivity contribution in [3.05, 3.63) is 71.8 Å². The number of hydrogen-bond donors (Lipinski definition) is 1. The predicted molar refractivity (Wildman–Crippen MR) is 90.1 cm³/mol. The normalized spacial score (nSPS) is 18.1. The fourth-order valence-electron chi connectivity index (χ4n) is 2.78. The smallest absolute Gasteiger partial charge is 0.264 e. The van der Waals surface area contributed by atoms with E-state index in [-0.39, 0.29) is 11.5 Å². The molecule has 3 rings (SSSR count). The largest absolute Gasteiger partial charge is 0.394 e. The van der Waals surface area contributed by atoms with E-state index in [1.165, 1.54) is 4.31 Å². The van der Waals surface area contributed by atoms with Crippen LogP contribution in [-0.4, -0.2) is 30.5 Å². The Labute approximate surface area is 136 Å². The van der Waals surface area contributed by atoms with Crippen molar-refractivity contribution in [1.29, 1.82) is 0 Å². The van der Waals surface area contributed by atoms with Crippen LogP contribution in [0.3, 0.4) is 0 Å². The molecule has 0 spiro atoms. The monoisotopic (exact) mass is 329 g/mol. The van der Waals surface area contributed by atoms with E-state index in [9.17, 15) is 13.5 Å². The molecule has 120 valence electrons. The zero-order valence-electron chi connectivity index (χ0n) is 12.9. The first-order chi connectivity index (χ1) is 11.0. The van der Waals surface area contributed by atoms with Crippen molar-refractivity contribution in [3.8, 4) is 0 Å². The molecule has 0 amide bonds. The summed E-state index contributed by atoms with van der Waals surface area (Å²) in [6, 6.07) is 15.7. The molecule has 4 nitrogen and oxygen atoms in total. The van der Waals surface area contributed by atoms with Crippen molar-refractivity contribution >= 4 is 15.7 Å². The number of aliphatic hydroxyl groups excluding tert-OH is 1. The van der Waals surface area contributed by atoms with Gasteiger partial charge in [0, 0.05) is 0 Å². The molecule has 5 heteroatoms. The Balaban J connectivity index is 2.06. The summed E-state index contributed by atoms with van der Waals surface area (Å²) in [5, 5.41) is 9.62. The van der Waals surface area contributed by atoms with Crippen LogP contribution in [0.25, 0.3) is 5.70 Å². The van der Waals surface area contributed by atoms with Crippen LogP contribution in [0.2, 0.25) is 0 Å². The summed E-state index contributed by atoms with van der Waals surface area (Å²) in [7, 11) is -3.71. The summed E-state index contributed by atoms with van der Waals surface area (Å²) in [6.07, 6.45) is 2.38. The standard InChI is InChI=1S/C18H19NO3S/c1-14-7-10-17(11-8-14)23(21,22)19-16(13-20)9-12-18(19)15-5-3-2-4-6-15/h2-8,10-12,16,20H,9,13H2,1H3/t16-/m1/s1. The highest BCUT2D eigenvalue weighted by atomic mass is 32.2. The van der Waals surface area contributed by atoms with E-state index in [1.807, 2.05) is 43.3 Å². The zero-order valence-corrected chi connectivity index (χ0v) is 13.7.